The Bertz CT molecular complexity index is 334. The topological polar surface area (TPSA) is 49.3 Å². The number of carbonyl (C=O) groups is 1. The Morgan fingerprint density at radius 2 is 1.88 bits per heavy atom. The number of carbonyl (C=O) groups excluding carboxylic acids is 1. The second kappa shape index (κ2) is 2.81. The third-order valence-electron chi connectivity index (χ3n) is 5.58. The molecule has 0 spiro atoms. The van der Waals surface area contributed by atoms with Crippen molar-refractivity contribution in [3.8, 4) is 0 Å². The number of hydrogen-bond donors (Lipinski definition) is 2. The Balaban J connectivity index is 1.44. The van der Waals surface area contributed by atoms with Gasteiger partial charge in [-0.1, -0.05) is 0 Å². The first-order chi connectivity index (χ1) is 7.74. The minimum Gasteiger partial charge on any atom is -0.394 e. The molecule has 3 nitrogen and oxygen atoms in total. The van der Waals surface area contributed by atoms with Gasteiger partial charge >= 0.3 is 0 Å². The Labute approximate surface area is 95.6 Å². The van der Waals surface area contributed by atoms with E-state index < -0.39 is 0 Å². The van der Waals surface area contributed by atoms with Gasteiger partial charge in [-0.3, -0.25) is 4.79 Å². The van der Waals surface area contributed by atoms with Crippen LogP contribution in [0.5, 0.6) is 0 Å². The zero-order valence-corrected chi connectivity index (χ0v) is 9.48. The first-order valence-corrected chi connectivity index (χ1v) is 6.67. The van der Waals surface area contributed by atoms with Crippen LogP contribution in [-0.2, 0) is 4.79 Å². The van der Waals surface area contributed by atoms with Crippen molar-refractivity contribution in [3.05, 3.63) is 0 Å². The molecule has 88 valence electrons. The van der Waals surface area contributed by atoms with Crippen LogP contribution < -0.4 is 5.32 Å². The number of aliphatic hydroxyl groups is 1. The van der Waals surface area contributed by atoms with Crippen molar-refractivity contribution in [2.24, 2.45) is 29.6 Å². The van der Waals surface area contributed by atoms with Gasteiger partial charge in [0.1, 0.15) is 0 Å². The predicted molar refractivity (Wildman–Crippen MR) is 58.5 cm³/mol. The van der Waals surface area contributed by atoms with E-state index in [4.69, 9.17) is 0 Å². The quantitative estimate of drug-likeness (QED) is 0.744. The molecule has 4 aliphatic rings. The Morgan fingerprint density at radius 1 is 1.25 bits per heavy atom. The fourth-order valence-corrected chi connectivity index (χ4v) is 4.49. The van der Waals surface area contributed by atoms with Gasteiger partial charge in [-0.2, -0.15) is 0 Å². The number of hydrogen-bond acceptors (Lipinski definition) is 2. The molecule has 2 N–H and O–H groups in total. The molecule has 4 unspecified atom stereocenters. The third-order valence-corrected chi connectivity index (χ3v) is 5.58. The highest BCUT2D eigenvalue weighted by Gasteiger charge is 2.68. The normalized spacial score (nSPS) is 49.9. The standard InChI is InChI=1S/C13H19NO2/c15-6-13(3-4-13)14-12(16)11-9-7-1-2-8(5-7)10(9)11/h7-11,15H,1-6H2,(H,14,16). The fraction of sp³-hybridized carbons (Fsp3) is 0.923. The third kappa shape index (κ3) is 1.10. The summed E-state index contributed by atoms with van der Waals surface area (Å²) in [7, 11) is 0. The van der Waals surface area contributed by atoms with Crippen LogP contribution in [0.4, 0.5) is 0 Å². The van der Waals surface area contributed by atoms with E-state index in [2.05, 4.69) is 5.32 Å². The largest absolute Gasteiger partial charge is 0.394 e. The number of aliphatic hydroxyl groups excluding tert-OH is 1. The van der Waals surface area contributed by atoms with Gasteiger partial charge in [0.25, 0.3) is 0 Å². The molecule has 0 heterocycles. The molecule has 1 amide bonds. The molecule has 4 aliphatic carbocycles. The average molecular weight is 221 g/mol. The first kappa shape index (κ1) is 9.46. The van der Waals surface area contributed by atoms with Crippen LogP contribution >= 0.6 is 0 Å². The fourth-order valence-electron chi connectivity index (χ4n) is 4.49. The van der Waals surface area contributed by atoms with Crippen molar-refractivity contribution in [1.29, 1.82) is 0 Å². The molecule has 4 rings (SSSR count). The molecule has 0 aromatic heterocycles. The molecule has 0 aromatic rings. The first-order valence-electron chi connectivity index (χ1n) is 6.67. The van der Waals surface area contributed by atoms with Crippen molar-refractivity contribution in [1.82, 2.24) is 5.32 Å². The van der Waals surface area contributed by atoms with Crippen molar-refractivity contribution in [2.45, 2.75) is 37.6 Å². The summed E-state index contributed by atoms with van der Waals surface area (Å²) in [5.74, 6) is 3.71. The number of rotatable bonds is 3. The maximum Gasteiger partial charge on any atom is 0.224 e. The van der Waals surface area contributed by atoms with Crippen LogP contribution in [0.25, 0.3) is 0 Å². The SMILES string of the molecule is O=C(NC1(CO)CC1)C1C2C3CCC(C3)C12. The van der Waals surface area contributed by atoms with E-state index in [9.17, 15) is 9.90 Å². The van der Waals surface area contributed by atoms with Crippen molar-refractivity contribution < 1.29 is 9.90 Å². The zero-order valence-electron chi connectivity index (χ0n) is 9.48. The average Bonchev–Trinajstić information content (AvgIpc) is 3.16. The lowest BCUT2D eigenvalue weighted by atomic mass is 10.0. The van der Waals surface area contributed by atoms with E-state index in [-0.39, 0.29) is 18.1 Å². The molecule has 0 aromatic carbocycles. The maximum atomic E-state index is 12.1. The highest BCUT2D eigenvalue weighted by atomic mass is 16.3. The highest BCUT2D eigenvalue weighted by molar-refractivity contribution is 5.83. The van der Waals surface area contributed by atoms with E-state index in [0.717, 1.165) is 24.7 Å². The van der Waals surface area contributed by atoms with E-state index in [1.165, 1.54) is 19.3 Å². The van der Waals surface area contributed by atoms with Crippen molar-refractivity contribution in [2.75, 3.05) is 6.61 Å². The molecular weight excluding hydrogens is 202 g/mol. The zero-order chi connectivity index (χ0) is 10.9. The minimum atomic E-state index is -0.215. The number of amides is 1. The van der Waals surface area contributed by atoms with Gasteiger partial charge in [-0.05, 0) is 55.8 Å². The smallest absolute Gasteiger partial charge is 0.224 e. The molecule has 0 saturated heterocycles. The van der Waals surface area contributed by atoms with Crippen molar-refractivity contribution in [3.63, 3.8) is 0 Å². The summed E-state index contributed by atoms with van der Waals surface area (Å²) in [5.41, 5.74) is -0.215. The summed E-state index contributed by atoms with van der Waals surface area (Å²) in [6.07, 6.45) is 6.04. The van der Waals surface area contributed by atoms with Gasteiger partial charge in [0.2, 0.25) is 5.91 Å². The molecule has 0 radical (unpaired) electrons. The van der Waals surface area contributed by atoms with Gasteiger partial charge in [0, 0.05) is 5.92 Å². The second-order valence-electron chi connectivity index (χ2n) is 6.44. The van der Waals surface area contributed by atoms with Crippen LogP contribution in [0.3, 0.4) is 0 Å². The molecule has 4 atom stereocenters. The van der Waals surface area contributed by atoms with Crippen LogP contribution in [-0.4, -0.2) is 23.2 Å². The van der Waals surface area contributed by atoms with Gasteiger partial charge in [0.05, 0.1) is 12.1 Å². The molecule has 16 heavy (non-hydrogen) atoms. The summed E-state index contributed by atoms with van der Waals surface area (Å²) < 4.78 is 0. The molecule has 0 aliphatic heterocycles. The van der Waals surface area contributed by atoms with Gasteiger partial charge in [-0.25, -0.2) is 0 Å². The highest BCUT2D eigenvalue weighted by Crippen LogP contribution is 2.69. The Kier molecular flexibility index (Phi) is 1.66. The van der Waals surface area contributed by atoms with Gasteiger partial charge in [-0.15, -0.1) is 0 Å². The van der Waals surface area contributed by atoms with E-state index in [1.807, 2.05) is 0 Å². The van der Waals surface area contributed by atoms with Gasteiger partial charge in [0.15, 0.2) is 0 Å². The number of fused-ring (bicyclic) bond motifs is 5. The summed E-state index contributed by atoms with van der Waals surface area (Å²) in [4.78, 5) is 12.1. The van der Waals surface area contributed by atoms with Crippen LogP contribution in [0.15, 0.2) is 0 Å². The summed E-state index contributed by atoms with van der Waals surface area (Å²) in [6.45, 7) is 0.119. The van der Waals surface area contributed by atoms with Crippen molar-refractivity contribution >= 4 is 5.91 Å². The van der Waals surface area contributed by atoms with E-state index >= 15 is 0 Å². The summed E-state index contributed by atoms with van der Waals surface area (Å²) >= 11 is 0. The van der Waals surface area contributed by atoms with Gasteiger partial charge < -0.3 is 10.4 Å². The van der Waals surface area contributed by atoms with Crippen LogP contribution in [0.2, 0.25) is 0 Å². The van der Waals surface area contributed by atoms with Crippen LogP contribution in [0, 0.1) is 29.6 Å². The minimum absolute atomic E-state index is 0.119. The monoisotopic (exact) mass is 221 g/mol. The Morgan fingerprint density at radius 3 is 2.38 bits per heavy atom. The molecule has 4 saturated carbocycles. The van der Waals surface area contributed by atoms with E-state index in [0.29, 0.717) is 17.8 Å². The summed E-state index contributed by atoms with van der Waals surface area (Å²) in [5, 5.41) is 12.3. The predicted octanol–water partition coefficient (Wildman–Crippen LogP) is 0.920. The van der Waals surface area contributed by atoms with E-state index in [1.54, 1.807) is 0 Å². The van der Waals surface area contributed by atoms with Crippen LogP contribution in [0.1, 0.15) is 32.1 Å². The molecule has 2 bridgehead atoms. The molecule has 3 heteroatoms. The maximum absolute atomic E-state index is 12.1. The number of nitrogens with one attached hydrogen (secondary N) is 1. The molecular formula is C13H19NO2. The second-order valence-corrected chi connectivity index (χ2v) is 6.44. The lowest BCUT2D eigenvalue weighted by Gasteiger charge is -2.16. The Hall–Kier alpha value is -0.570. The lowest BCUT2D eigenvalue weighted by Crippen LogP contribution is -2.41. The lowest BCUT2D eigenvalue weighted by molar-refractivity contribution is -0.124. The summed E-state index contributed by atoms with van der Waals surface area (Å²) in [6, 6.07) is 0. The molecule has 4 fully saturated rings.